The van der Waals surface area contributed by atoms with Crippen molar-refractivity contribution < 1.29 is 25.9 Å². The normalized spacial score (nSPS) is 13.1. The molecule has 0 amide bonds. The first-order chi connectivity index (χ1) is 7.18. The molecule has 8 heteroatoms. The van der Waals surface area contributed by atoms with E-state index in [-0.39, 0.29) is 4.90 Å². The molecule has 0 saturated heterocycles. The molecule has 6 nitrogen and oxygen atoms in total. The fourth-order valence-corrected chi connectivity index (χ4v) is 1.72. The van der Waals surface area contributed by atoms with E-state index in [9.17, 15) is 16.8 Å². The average molecular weight is 264 g/mol. The Hall–Kier alpha value is -1.22. The number of hydrogen-bond acceptors (Lipinski definition) is 4. The van der Waals surface area contributed by atoms with E-state index in [0.29, 0.717) is 11.0 Å². The van der Waals surface area contributed by atoms with Crippen LogP contribution in [0.5, 0.6) is 0 Å². The molecule has 1 rings (SSSR count). The summed E-state index contributed by atoms with van der Waals surface area (Å²) in [5.41, 5.74) is 0.366. The third-order valence-corrected chi connectivity index (χ3v) is 2.96. The third kappa shape index (κ3) is 4.11. The van der Waals surface area contributed by atoms with E-state index < -0.39 is 20.2 Å². The van der Waals surface area contributed by atoms with Gasteiger partial charge in [-0.25, -0.2) is 0 Å². The highest BCUT2D eigenvalue weighted by atomic mass is 32.2. The summed E-state index contributed by atoms with van der Waals surface area (Å²) >= 11 is 0. The predicted octanol–water partition coefficient (Wildman–Crippen LogP) is 0.792. The highest BCUT2D eigenvalue weighted by Crippen LogP contribution is 2.11. The highest BCUT2D eigenvalue weighted by Gasteiger charge is 2.07. The Labute approximate surface area is 92.7 Å². The van der Waals surface area contributed by atoms with Crippen LogP contribution in [-0.4, -0.2) is 25.9 Å². The Kier molecular flexibility index (Phi) is 3.48. The van der Waals surface area contributed by atoms with Crippen molar-refractivity contribution >= 4 is 26.3 Å². The average Bonchev–Trinajstić information content (AvgIpc) is 2.13. The summed E-state index contributed by atoms with van der Waals surface area (Å²) in [7, 11) is -8.46. The van der Waals surface area contributed by atoms with Gasteiger partial charge < -0.3 is 0 Å². The monoisotopic (exact) mass is 264 g/mol. The Balaban J connectivity index is 3.02. The maximum absolute atomic E-state index is 10.7. The molecule has 0 radical (unpaired) electrons. The second kappa shape index (κ2) is 4.34. The molecular formula is C8H8O6S2. The summed E-state index contributed by atoms with van der Waals surface area (Å²) in [6.45, 7) is 0. The Morgan fingerprint density at radius 2 is 1.44 bits per heavy atom. The lowest BCUT2D eigenvalue weighted by Crippen LogP contribution is -1.97. The molecule has 0 bridgehead atoms. The van der Waals surface area contributed by atoms with Crippen molar-refractivity contribution in [2.24, 2.45) is 0 Å². The van der Waals surface area contributed by atoms with Gasteiger partial charge >= 0.3 is 0 Å². The molecule has 0 unspecified atom stereocenters. The van der Waals surface area contributed by atoms with Gasteiger partial charge in [0.25, 0.3) is 20.2 Å². The summed E-state index contributed by atoms with van der Waals surface area (Å²) in [6.07, 6.45) is 1.09. The molecule has 0 atom stereocenters. The molecule has 0 aliphatic heterocycles. The van der Waals surface area contributed by atoms with Crippen LogP contribution >= 0.6 is 0 Å². The summed E-state index contributed by atoms with van der Waals surface area (Å²) in [5.74, 6) is 0. The zero-order valence-electron chi connectivity index (χ0n) is 7.81. The molecule has 1 aromatic carbocycles. The zero-order chi connectivity index (χ0) is 12.4. The van der Waals surface area contributed by atoms with Crippen LogP contribution in [0.2, 0.25) is 0 Å². The van der Waals surface area contributed by atoms with E-state index in [2.05, 4.69) is 0 Å². The second-order valence-corrected chi connectivity index (χ2v) is 5.59. The van der Waals surface area contributed by atoms with Crippen molar-refractivity contribution in [3.8, 4) is 0 Å². The van der Waals surface area contributed by atoms with Gasteiger partial charge in [-0.3, -0.25) is 9.11 Å². The minimum atomic E-state index is -4.25. The van der Waals surface area contributed by atoms with Crippen molar-refractivity contribution in [2.45, 2.75) is 4.90 Å². The fraction of sp³-hybridized carbons (Fsp3) is 0. The molecule has 0 spiro atoms. The van der Waals surface area contributed by atoms with Gasteiger partial charge in [0.2, 0.25) is 0 Å². The van der Waals surface area contributed by atoms with Crippen molar-refractivity contribution in [1.29, 1.82) is 0 Å². The maximum Gasteiger partial charge on any atom is 0.294 e. The predicted molar refractivity (Wildman–Crippen MR) is 56.8 cm³/mol. The first-order valence-corrected chi connectivity index (χ1v) is 6.86. The van der Waals surface area contributed by atoms with Gasteiger partial charge in [-0.2, -0.15) is 16.8 Å². The van der Waals surface area contributed by atoms with Crippen LogP contribution in [-0.2, 0) is 20.2 Å². The summed E-state index contributed by atoms with van der Waals surface area (Å²) < 4.78 is 59.1. The van der Waals surface area contributed by atoms with Gasteiger partial charge in [0.1, 0.15) is 0 Å². The SMILES string of the molecule is O=S(=O)(O)C=Cc1ccc(S(=O)(=O)O)cc1. The van der Waals surface area contributed by atoms with E-state index in [4.69, 9.17) is 9.11 Å². The lowest BCUT2D eigenvalue weighted by atomic mass is 10.2. The van der Waals surface area contributed by atoms with Crippen LogP contribution in [0.15, 0.2) is 34.6 Å². The molecule has 1 aromatic rings. The Morgan fingerprint density at radius 1 is 0.938 bits per heavy atom. The molecule has 0 aliphatic carbocycles. The largest absolute Gasteiger partial charge is 0.294 e. The summed E-state index contributed by atoms with van der Waals surface area (Å²) in [6, 6.07) is 4.79. The molecule has 0 heterocycles. The van der Waals surface area contributed by atoms with Crippen LogP contribution < -0.4 is 0 Å². The van der Waals surface area contributed by atoms with Crippen LogP contribution in [0, 0.1) is 0 Å². The van der Waals surface area contributed by atoms with Crippen molar-refractivity contribution in [3.63, 3.8) is 0 Å². The van der Waals surface area contributed by atoms with Gasteiger partial charge in [-0.1, -0.05) is 12.1 Å². The Morgan fingerprint density at radius 3 is 1.81 bits per heavy atom. The van der Waals surface area contributed by atoms with E-state index in [1.165, 1.54) is 12.1 Å². The molecule has 2 N–H and O–H groups in total. The fourth-order valence-electron chi connectivity index (χ4n) is 0.915. The van der Waals surface area contributed by atoms with Gasteiger partial charge in [0, 0.05) is 0 Å². The minimum absolute atomic E-state index is 0.295. The van der Waals surface area contributed by atoms with E-state index >= 15 is 0 Å². The standard InChI is InChI=1S/C8H8O6S2/c9-15(10,11)6-5-7-1-3-8(4-2-7)16(12,13)14/h1-6H,(H,9,10,11)(H,12,13,14). The lowest BCUT2D eigenvalue weighted by Gasteiger charge is -1.97. The molecule has 16 heavy (non-hydrogen) atoms. The maximum atomic E-state index is 10.7. The van der Waals surface area contributed by atoms with Gasteiger partial charge in [0.15, 0.2) is 0 Å². The van der Waals surface area contributed by atoms with Gasteiger partial charge in [-0.15, -0.1) is 0 Å². The van der Waals surface area contributed by atoms with Crippen LogP contribution in [0.25, 0.3) is 6.08 Å². The van der Waals surface area contributed by atoms with Crippen molar-refractivity contribution in [2.75, 3.05) is 0 Å². The number of benzene rings is 1. The topological polar surface area (TPSA) is 109 Å². The molecule has 0 fully saturated rings. The quantitative estimate of drug-likeness (QED) is 0.781. The Bertz CT molecular complexity index is 594. The zero-order valence-corrected chi connectivity index (χ0v) is 9.44. The van der Waals surface area contributed by atoms with Crippen LogP contribution in [0.4, 0.5) is 0 Å². The summed E-state index contributed by atoms with van der Waals surface area (Å²) in [4.78, 5) is -0.295. The van der Waals surface area contributed by atoms with E-state index in [1.807, 2.05) is 0 Å². The molecule has 88 valence electrons. The van der Waals surface area contributed by atoms with Crippen molar-refractivity contribution in [1.82, 2.24) is 0 Å². The lowest BCUT2D eigenvalue weighted by molar-refractivity contribution is 0.482. The number of hydrogen-bond donors (Lipinski definition) is 2. The minimum Gasteiger partial charge on any atom is -0.282 e. The van der Waals surface area contributed by atoms with Crippen LogP contribution in [0.3, 0.4) is 0 Å². The van der Waals surface area contributed by atoms with E-state index in [1.54, 1.807) is 0 Å². The van der Waals surface area contributed by atoms with Gasteiger partial charge in [-0.05, 0) is 23.8 Å². The van der Waals surface area contributed by atoms with E-state index in [0.717, 1.165) is 18.2 Å². The summed E-state index contributed by atoms with van der Waals surface area (Å²) in [5, 5.41) is 0.565. The highest BCUT2D eigenvalue weighted by molar-refractivity contribution is 7.88. The smallest absolute Gasteiger partial charge is 0.282 e. The van der Waals surface area contributed by atoms with Crippen LogP contribution in [0.1, 0.15) is 5.56 Å². The van der Waals surface area contributed by atoms with Gasteiger partial charge in [0.05, 0.1) is 10.3 Å². The molecule has 0 aliphatic rings. The first kappa shape index (κ1) is 12.8. The second-order valence-electron chi connectivity index (χ2n) is 2.86. The third-order valence-electron chi connectivity index (χ3n) is 1.61. The number of rotatable bonds is 3. The molecular weight excluding hydrogens is 256 g/mol. The van der Waals surface area contributed by atoms with Crippen molar-refractivity contribution in [3.05, 3.63) is 35.2 Å². The molecule has 0 aromatic heterocycles. The molecule has 0 saturated carbocycles. The first-order valence-electron chi connectivity index (χ1n) is 3.92.